The second-order valence-corrected chi connectivity index (χ2v) is 4.46. The lowest BCUT2D eigenvalue weighted by Crippen LogP contribution is -2.46. The van der Waals surface area contributed by atoms with Gasteiger partial charge in [-0.25, -0.2) is 8.78 Å². The average Bonchev–Trinajstić information content (AvgIpc) is 2.44. The van der Waals surface area contributed by atoms with Crippen LogP contribution in [0.4, 0.5) is 8.78 Å². The number of piperazine rings is 1. The lowest BCUT2D eigenvalue weighted by atomic mass is 10.0. The molecule has 0 aliphatic carbocycles. The number of halogens is 2. The van der Waals surface area contributed by atoms with E-state index in [1.54, 1.807) is 0 Å². The van der Waals surface area contributed by atoms with E-state index >= 15 is 0 Å². The van der Waals surface area contributed by atoms with Crippen molar-refractivity contribution in [3.63, 3.8) is 0 Å². The SMILES string of the molecule is COc1ccc(F)c([C@H](CO)N2CCNCC2)c1F. The van der Waals surface area contributed by atoms with Gasteiger partial charge in [0.2, 0.25) is 0 Å². The summed E-state index contributed by atoms with van der Waals surface area (Å²) < 4.78 is 33.0. The fourth-order valence-corrected chi connectivity index (χ4v) is 2.40. The summed E-state index contributed by atoms with van der Waals surface area (Å²) >= 11 is 0. The monoisotopic (exact) mass is 272 g/mol. The topological polar surface area (TPSA) is 44.7 Å². The van der Waals surface area contributed by atoms with Crippen molar-refractivity contribution >= 4 is 0 Å². The Morgan fingerprint density at radius 3 is 2.63 bits per heavy atom. The van der Waals surface area contributed by atoms with Gasteiger partial charge in [-0.05, 0) is 12.1 Å². The molecule has 0 amide bonds. The third-order valence-corrected chi connectivity index (χ3v) is 3.41. The molecule has 1 heterocycles. The Bertz CT molecular complexity index is 437. The molecule has 0 bridgehead atoms. The molecule has 2 rings (SSSR count). The van der Waals surface area contributed by atoms with Crippen molar-refractivity contribution in [2.24, 2.45) is 0 Å². The summed E-state index contributed by atoms with van der Waals surface area (Å²) in [7, 11) is 1.33. The second kappa shape index (κ2) is 6.27. The second-order valence-electron chi connectivity index (χ2n) is 4.46. The lowest BCUT2D eigenvalue weighted by molar-refractivity contribution is 0.105. The molecule has 1 aromatic rings. The van der Waals surface area contributed by atoms with Crippen molar-refractivity contribution in [1.29, 1.82) is 0 Å². The van der Waals surface area contributed by atoms with Crippen molar-refractivity contribution in [3.8, 4) is 5.75 Å². The lowest BCUT2D eigenvalue weighted by Gasteiger charge is -2.34. The minimum atomic E-state index is -0.736. The number of nitrogens with one attached hydrogen (secondary N) is 1. The molecule has 0 unspecified atom stereocenters. The highest BCUT2D eigenvalue weighted by molar-refractivity contribution is 5.34. The maximum atomic E-state index is 14.2. The quantitative estimate of drug-likeness (QED) is 0.855. The van der Waals surface area contributed by atoms with Crippen molar-refractivity contribution in [2.45, 2.75) is 6.04 Å². The molecule has 4 nitrogen and oxygen atoms in total. The van der Waals surface area contributed by atoms with Crippen molar-refractivity contribution in [1.82, 2.24) is 10.2 Å². The molecule has 1 aliphatic heterocycles. The van der Waals surface area contributed by atoms with Gasteiger partial charge in [-0.2, -0.15) is 0 Å². The highest BCUT2D eigenvalue weighted by Crippen LogP contribution is 2.31. The zero-order valence-electron chi connectivity index (χ0n) is 10.8. The van der Waals surface area contributed by atoms with Crippen LogP contribution in [0, 0.1) is 11.6 Å². The van der Waals surface area contributed by atoms with E-state index in [1.807, 2.05) is 4.90 Å². The predicted molar refractivity (Wildman–Crippen MR) is 67.2 cm³/mol. The fourth-order valence-electron chi connectivity index (χ4n) is 2.40. The number of aliphatic hydroxyl groups is 1. The molecule has 1 saturated heterocycles. The number of hydrogen-bond acceptors (Lipinski definition) is 4. The van der Waals surface area contributed by atoms with Gasteiger partial charge in [-0.15, -0.1) is 0 Å². The van der Waals surface area contributed by atoms with E-state index in [9.17, 15) is 13.9 Å². The van der Waals surface area contributed by atoms with Gasteiger partial charge in [-0.1, -0.05) is 0 Å². The highest BCUT2D eigenvalue weighted by Gasteiger charge is 2.28. The first-order chi connectivity index (χ1) is 9.19. The molecule has 19 heavy (non-hydrogen) atoms. The molecule has 0 radical (unpaired) electrons. The van der Waals surface area contributed by atoms with E-state index in [0.29, 0.717) is 13.1 Å². The number of rotatable bonds is 4. The summed E-state index contributed by atoms with van der Waals surface area (Å²) in [5.41, 5.74) is -0.122. The number of methoxy groups -OCH3 is 1. The molecule has 106 valence electrons. The van der Waals surface area contributed by atoms with Gasteiger partial charge in [0.1, 0.15) is 5.82 Å². The van der Waals surface area contributed by atoms with Gasteiger partial charge in [-0.3, -0.25) is 4.90 Å². The normalized spacial score (nSPS) is 18.3. The molecule has 1 aromatic carbocycles. The van der Waals surface area contributed by atoms with Crippen molar-refractivity contribution in [3.05, 3.63) is 29.3 Å². The zero-order valence-corrected chi connectivity index (χ0v) is 10.8. The van der Waals surface area contributed by atoms with Crippen LogP contribution < -0.4 is 10.1 Å². The van der Waals surface area contributed by atoms with Crippen LogP contribution in [0.3, 0.4) is 0 Å². The Balaban J connectivity index is 2.36. The molecule has 6 heteroatoms. The standard InChI is InChI=1S/C13H18F2N2O2/c1-19-11-3-2-9(14)12(13(11)15)10(8-18)17-6-4-16-5-7-17/h2-3,10,16,18H,4-8H2,1H3/t10-/m0/s1. The van der Waals surface area contributed by atoms with Crippen LogP contribution in [-0.4, -0.2) is 49.9 Å². The minimum Gasteiger partial charge on any atom is -0.494 e. The fraction of sp³-hybridized carbons (Fsp3) is 0.538. The largest absolute Gasteiger partial charge is 0.494 e. The van der Waals surface area contributed by atoms with E-state index in [0.717, 1.165) is 13.1 Å². The maximum Gasteiger partial charge on any atom is 0.172 e. The van der Waals surface area contributed by atoms with Crippen LogP contribution in [0.2, 0.25) is 0 Å². The van der Waals surface area contributed by atoms with Gasteiger partial charge in [0.25, 0.3) is 0 Å². The molecule has 1 aliphatic rings. The van der Waals surface area contributed by atoms with Crippen LogP contribution >= 0.6 is 0 Å². The molecule has 2 N–H and O–H groups in total. The van der Waals surface area contributed by atoms with Crippen LogP contribution in [0.1, 0.15) is 11.6 Å². The van der Waals surface area contributed by atoms with Crippen LogP contribution in [0.5, 0.6) is 5.75 Å². The molecule has 0 aromatic heterocycles. The van der Waals surface area contributed by atoms with Crippen LogP contribution in [0.15, 0.2) is 12.1 Å². The molecular weight excluding hydrogens is 254 g/mol. The third kappa shape index (κ3) is 2.86. The Hall–Kier alpha value is -1.24. The maximum absolute atomic E-state index is 14.2. The van der Waals surface area contributed by atoms with Gasteiger partial charge >= 0.3 is 0 Å². The van der Waals surface area contributed by atoms with Gasteiger partial charge in [0, 0.05) is 31.7 Å². The zero-order chi connectivity index (χ0) is 13.8. The number of nitrogens with zero attached hydrogens (tertiary/aromatic N) is 1. The smallest absolute Gasteiger partial charge is 0.172 e. The van der Waals surface area contributed by atoms with E-state index in [2.05, 4.69) is 5.32 Å². The summed E-state index contributed by atoms with van der Waals surface area (Å²) in [5, 5.41) is 12.7. The number of benzene rings is 1. The van der Waals surface area contributed by atoms with Crippen LogP contribution in [0.25, 0.3) is 0 Å². The third-order valence-electron chi connectivity index (χ3n) is 3.41. The average molecular weight is 272 g/mol. The Kier molecular flexibility index (Phi) is 4.68. The van der Waals surface area contributed by atoms with E-state index in [1.165, 1.54) is 19.2 Å². The Morgan fingerprint density at radius 2 is 2.05 bits per heavy atom. The summed E-state index contributed by atoms with van der Waals surface area (Å²) in [5.74, 6) is -1.40. The Labute approximate surface area is 111 Å². The van der Waals surface area contributed by atoms with E-state index in [4.69, 9.17) is 4.74 Å². The summed E-state index contributed by atoms with van der Waals surface area (Å²) in [6, 6.07) is 1.74. The minimum absolute atomic E-state index is 0.00927. The molecule has 0 saturated carbocycles. The van der Waals surface area contributed by atoms with Gasteiger partial charge in [0.15, 0.2) is 11.6 Å². The first-order valence-corrected chi connectivity index (χ1v) is 6.26. The van der Waals surface area contributed by atoms with E-state index < -0.39 is 17.7 Å². The number of ether oxygens (including phenoxy) is 1. The number of aliphatic hydroxyl groups excluding tert-OH is 1. The first-order valence-electron chi connectivity index (χ1n) is 6.26. The molecule has 0 spiro atoms. The van der Waals surface area contributed by atoms with Crippen molar-refractivity contribution < 1.29 is 18.6 Å². The molecular formula is C13H18F2N2O2. The Morgan fingerprint density at radius 1 is 1.37 bits per heavy atom. The van der Waals surface area contributed by atoms with Gasteiger partial charge in [0.05, 0.1) is 19.8 Å². The molecule has 1 fully saturated rings. The van der Waals surface area contributed by atoms with Gasteiger partial charge < -0.3 is 15.2 Å². The summed E-state index contributed by atoms with van der Waals surface area (Å²) in [4.78, 5) is 1.87. The van der Waals surface area contributed by atoms with Crippen LogP contribution in [-0.2, 0) is 0 Å². The first kappa shape index (κ1) is 14.2. The highest BCUT2D eigenvalue weighted by atomic mass is 19.1. The molecule has 1 atom stereocenters. The summed E-state index contributed by atoms with van der Waals surface area (Å²) in [6.07, 6.45) is 0. The van der Waals surface area contributed by atoms with E-state index in [-0.39, 0.29) is 17.9 Å². The summed E-state index contributed by atoms with van der Waals surface area (Å²) in [6.45, 7) is 2.43. The predicted octanol–water partition coefficient (Wildman–Crippen LogP) is 0.912. The van der Waals surface area contributed by atoms with Crippen molar-refractivity contribution in [2.75, 3.05) is 39.9 Å². The number of hydrogen-bond donors (Lipinski definition) is 2.